The highest BCUT2D eigenvalue weighted by molar-refractivity contribution is 7.89. The van der Waals surface area contributed by atoms with Crippen molar-refractivity contribution in [3.05, 3.63) is 29.3 Å². The Bertz CT molecular complexity index is 515. The highest BCUT2D eigenvalue weighted by Gasteiger charge is 2.41. The van der Waals surface area contributed by atoms with E-state index < -0.39 is 22.4 Å². The Morgan fingerprint density at radius 2 is 1.88 bits per heavy atom. The zero-order chi connectivity index (χ0) is 12.6. The van der Waals surface area contributed by atoms with Crippen LogP contribution in [0.5, 0.6) is 0 Å². The number of nitrogens with zero attached hydrogens (tertiary/aromatic N) is 1. The summed E-state index contributed by atoms with van der Waals surface area (Å²) in [6, 6.07) is 5.98. The molecular formula is C10H10ClF2NO2S. The maximum absolute atomic E-state index is 12.3. The van der Waals surface area contributed by atoms with Crippen LogP contribution in [0.3, 0.4) is 0 Å². The number of sulfonamides is 1. The third-order valence-corrected chi connectivity index (χ3v) is 5.02. The number of halogens is 3. The van der Waals surface area contributed by atoms with Crippen LogP contribution in [0.15, 0.2) is 29.2 Å². The van der Waals surface area contributed by atoms with Crippen LogP contribution < -0.4 is 0 Å². The van der Waals surface area contributed by atoms with Gasteiger partial charge in [-0.1, -0.05) is 23.7 Å². The number of benzene rings is 1. The van der Waals surface area contributed by atoms with Crippen molar-refractivity contribution in [1.82, 2.24) is 4.31 Å². The molecule has 1 heterocycles. The molecule has 0 aliphatic carbocycles. The van der Waals surface area contributed by atoms with Gasteiger partial charge in [0.15, 0.2) is 0 Å². The predicted molar refractivity (Wildman–Crippen MR) is 59.7 cm³/mol. The summed E-state index contributed by atoms with van der Waals surface area (Å²) in [6.45, 7) is -0.295. The van der Waals surface area contributed by atoms with Crippen LogP contribution in [0.25, 0.3) is 0 Å². The summed E-state index contributed by atoms with van der Waals surface area (Å²) in [5, 5.41) is 0.105. The number of hydrogen-bond acceptors (Lipinski definition) is 2. The zero-order valence-corrected chi connectivity index (χ0v) is 10.3. The SMILES string of the molecule is O=S(=O)(c1ccccc1Cl)N1CC(C(F)F)C1. The molecule has 94 valence electrons. The molecule has 7 heteroatoms. The molecule has 0 N–H and O–H groups in total. The quantitative estimate of drug-likeness (QED) is 0.852. The van der Waals surface area contributed by atoms with Crippen molar-refractivity contribution in [2.45, 2.75) is 11.3 Å². The minimum Gasteiger partial charge on any atom is -0.210 e. The van der Waals surface area contributed by atoms with Gasteiger partial charge in [-0.3, -0.25) is 0 Å². The summed E-state index contributed by atoms with van der Waals surface area (Å²) in [4.78, 5) is -0.0330. The van der Waals surface area contributed by atoms with E-state index in [1.54, 1.807) is 12.1 Å². The fraction of sp³-hybridized carbons (Fsp3) is 0.400. The first kappa shape index (κ1) is 12.7. The summed E-state index contributed by atoms with van der Waals surface area (Å²) < 4.78 is 49.6. The zero-order valence-electron chi connectivity index (χ0n) is 8.68. The van der Waals surface area contributed by atoms with Crippen LogP contribution in [0.2, 0.25) is 5.02 Å². The molecular weight excluding hydrogens is 272 g/mol. The van der Waals surface area contributed by atoms with Crippen LogP contribution in [0.1, 0.15) is 0 Å². The van der Waals surface area contributed by atoms with Crippen molar-refractivity contribution >= 4 is 21.6 Å². The van der Waals surface area contributed by atoms with Crippen LogP contribution in [0.4, 0.5) is 8.78 Å². The van der Waals surface area contributed by atoms with E-state index in [-0.39, 0.29) is 23.0 Å². The van der Waals surface area contributed by atoms with Crippen LogP contribution in [-0.2, 0) is 10.0 Å². The molecule has 0 amide bonds. The molecule has 1 aromatic rings. The van der Waals surface area contributed by atoms with Crippen molar-refractivity contribution in [1.29, 1.82) is 0 Å². The first-order chi connectivity index (χ1) is 7.93. The molecule has 0 saturated carbocycles. The summed E-state index contributed by atoms with van der Waals surface area (Å²) in [5.74, 6) is -0.868. The topological polar surface area (TPSA) is 37.4 Å². The molecule has 1 saturated heterocycles. The van der Waals surface area contributed by atoms with Crippen molar-refractivity contribution < 1.29 is 17.2 Å². The van der Waals surface area contributed by atoms with Gasteiger partial charge >= 0.3 is 0 Å². The molecule has 2 rings (SSSR count). The lowest BCUT2D eigenvalue weighted by Crippen LogP contribution is -2.52. The molecule has 0 bridgehead atoms. The lowest BCUT2D eigenvalue weighted by atomic mass is 10.1. The Morgan fingerprint density at radius 1 is 1.29 bits per heavy atom. The molecule has 1 fully saturated rings. The van der Waals surface area contributed by atoms with Gasteiger partial charge in [0, 0.05) is 19.0 Å². The highest BCUT2D eigenvalue weighted by atomic mass is 35.5. The Kier molecular flexibility index (Phi) is 3.38. The number of hydrogen-bond donors (Lipinski definition) is 0. The molecule has 0 unspecified atom stereocenters. The molecule has 0 atom stereocenters. The van der Waals surface area contributed by atoms with Gasteiger partial charge in [0.25, 0.3) is 0 Å². The fourth-order valence-corrected chi connectivity index (χ4v) is 3.67. The van der Waals surface area contributed by atoms with Crippen LogP contribution >= 0.6 is 11.6 Å². The minimum absolute atomic E-state index is 0.0330. The predicted octanol–water partition coefficient (Wildman–Crippen LogP) is 2.23. The van der Waals surface area contributed by atoms with Gasteiger partial charge in [0.05, 0.1) is 5.02 Å². The van der Waals surface area contributed by atoms with Crippen molar-refractivity contribution in [3.8, 4) is 0 Å². The van der Waals surface area contributed by atoms with E-state index in [0.717, 1.165) is 4.31 Å². The fourth-order valence-electron chi connectivity index (χ4n) is 1.62. The van der Waals surface area contributed by atoms with E-state index in [1.807, 2.05) is 0 Å². The van der Waals surface area contributed by atoms with Gasteiger partial charge in [0.1, 0.15) is 4.90 Å². The van der Waals surface area contributed by atoms with Gasteiger partial charge in [-0.05, 0) is 12.1 Å². The molecule has 17 heavy (non-hydrogen) atoms. The summed E-state index contributed by atoms with van der Waals surface area (Å²) in [7, 11) is -3.73. The normalized spacial score (nSPS) is 18.4. The van der Waals surface area contributed by atoms with Crippen molar-refractivity contribution in [2.24, 2.45) is 5.92 Å². The number of alkyl halides is 2. The first-order valence-electron chi connectivity index (χ1n) is 4.96. The third kappa shape index (κ3) is 2.29. The lowest BCUT2D eigenvalue weighted by molar-refractivity contribution is 0.0123. The maximum atomic E-state index is 12.3. The Morgan fingerprint density at radius 3 is 2.41 bits per heavy atom. The minimum atomic E-state index is -3.73. The van der Waals surface area contributed by atoms with Crippen LogP contribution in [0, 0.1) is 5.92 Å². The molecule has 1 aromatic carbocycles. The van der Waals surface area contributed by atoms with Crippen LogP contribution in [-0.4, -0.2) is 32.2 Å². The molecule has 0 aromatic heterocycles. The smallest absolute Gasteiger partial charge is 0.210 e. The Hall–Kier alpha value is -0.720. The highest BCUT2D eigenvalue weighted by Crippen LogP contribution is 2.31. The molecule has 3 nitrogen and oxygen atoms in total. The van der Waals surface area contributed by atoms with Crippen molar-refractivity contribution in [3.63, 3.8) is 0 Å². The first-order valence-corrected chi connectivity index (χ1v) is 6.77. The molecule has 1 aliphatic heterocycles. The average Bonchev–Trinajstić information content (AvgIpc) is 2.14. The molecule has 1 aliphatic rings. The summed E-state index contributed by atoms with van der Waals surface area (Å²) in [6.07, 6.45) is -2.48. The van der Waals surface area contributed by atoms with Crippen molar-refractivity contribution in [2.75, 3.05) is 13.1 Å². The van der Waals surface area contributed by atoms with Gasteiger partial charge in [-0.15, -0.1) is 0 Å². The number of rotatable bonds is 3. The van der Waals surface area contributed by atoms with E-state index >= 15 is 0 Å². The van der Waals surface area contributed by atoms with Gasteiger partial charge in [-0.25, -0.2) is 17.2 Å². The van der Waals surface area contributed by atoms with E-state index in [4.69, 9.17) is 11.6 Å². The summed E-state index contributed by atoms with van der Waals surface area (Å²) >= 11 is 5.78. The lowest BCUT2D eigenvalue weighted by Gasteiger charge is -2.37. The summed E-state index contributed by atoms with van der Waals surface area (Å²) in [5.41, 5.74) is 0. The van der Waals surface area contributed by atoms with Gasteiger partial charge < -0.3 is 0 Å². The largest absolute Gasteiger partial charge is 0.244 e. The second-order valence-corrected chi connectivity index (χ2v) is 6.16. The second-order valence-electron chi connectivity index (χ2n) is 3.85. The second kappa shape index (κ2) is 4.51. The standard InChI is InChI=1S/C10H10ClF2NO2S/c11-8-3-1-2-4-9(8)17(15,16)14-5-7(6-14)10(12)13/h1-4,7,10H,5-6H2. The van der Waals surface area contributed by atoms with E-state index in [9.17, 15) is 17.2 Å². The third-order valence-electron chi connectivity index (χ3n) is 2.69. The monoisotopic (exact) mass is 281 g/mol. The van der Waals surface area contributed by atoms with Gasteiger partial charge in [-0.2, -0.15) is 4.31 Å². The van der Waals surface area contributed by atoms with E-state index in [2.05, 4.69) is 0 Å². The molecule has 0 spiro atoms. The average molecular weight is 282 g/mol. The van der Waals surface area contributed by atoms with E-state index in [0.29, 0.717) is 0 Å². The Balaban J connectivity index is 2.20. The maximum Gasteiger partial charge on any atom is 0.244 e. The van der Waals surface area contributed by atoms with Gasteiger partial charge in [0.2, 0.25) is 16.4 Å². The van der Waals surface area contributed by atoms with E-state index in [1.165, 1.54) is 12.1 Å². The Labute approximate surface area is 103 Å². The molecule has 0 radical (unpaired) electrons.